The topological polar surface area (TPSA) is 26.3 Å². The molecule has 0 aromatic rings. The van der Waals surface area contributed by atoms with E-state index in [1.165, 1.54) is 0 Å². The molecule has 15 heavy (non-hydrogen) atoms. The van der Waals surface area contributed by atoms with Crippen molar-refractivity contribution in [2.75, 3.05) is 6.61 Å². The summed E-state index contributed by atoms with van der Waals surface area (Å²) in [5, 5.41) is 0. The average molecular weight is 220 g/mol. The Bertz CT molecular complexity index is 237. The molecule has 0 aromatic heterocycles. The lowest BCUT2D eigenvalue weighted by Crippen LogP contribution is -2.25. The summed E-state index contributed by atoms with van der Waals surface area (Å²) in [7, 11) is 0. The number of ether oxygens (including phenoxy) is 1. The molecular formula is C11H18F2O2. The van der Waals surface area contributed by atoms with Crippen LogP contribution in [0.25, 0.3) is 0 Å². The Balaban J connectivity index is 4.42. The molecule has 0 aliphatic heterocycles. The Hall–Kier alpha value is -0.770. The van der Waals surface area contributed by atoms with Crippen molar-refractivity contribution in [3.8, 4) is 0 Å². The normalized spacial score (nSPS) is 13.5. The third-order valence-corrected chi connectivity index (χ3v) is 1.92. The molecule has 0 aliphatic carbocycles. The second kappa shape index (κ2) is 5.95. The monoisotopic (exact) mass is 220 g/mol. The van der Waals surface area contributed by atoms with Crippen molar-refractivity contribution in [3.63, 3.8) is 0 Å². The maximum atomic E-state index is 12.0. The number of ketones is 1. The molecular weight excluding hydrogens is 202 g/mol. The zero-order valence-corrected chi connectivity index (χ0v) is 9.64. The lowest BCUT2D eigenvalue weighted by Gasteiger charge is -2.19. The highest BCUT2D eigenvalue weighted by Crippen LogP contribution is 2.19. The maximum absolute atomic E-state index is 12.0. The van der Waals surface area contributed by atoms with Crippen LogP contribution in [0, 0.1) is 5.41 Å². The SMILES string of the molecule is CCOC(C=C(F)F)CC(=O)C(C)(C)C. The van der Waals surface area contributed by atoms with Gasteiger partial charge in [0.2, 0.25) is 0 Å². The van der Waals surface area contributed by atoms with Gasteiger partial charge in [0.05, 0.1) is 6.10 Å². The first-order chi connectivity index (χ1) is 6.77. The van der Waals surface area contributed by atoms with E-state index in [-0.39, 0.29) is 12.2 Å². The zero-order valence-electron chi connectivity index (χ0n) is 9.64. The molecule has 0 heterocycles. The molecule has 0 saturated heterocycles. The van der Waals surface area contributed by atoms with E-state index in [2.05, 4.69) is 0 Å². The Morgan fingerprint density at radius 3 is 2.27 bits per heavy atom. The van der Waals surface area contributed by atoms with E-state index in [0.717, 1.165) is 0 Å². The smallest absolute Gasteiger partial charge is 0.268 e. The van der Waals surface area contributed by atoms with Crippen LogP contribution in [0.4, 0.5) is 8.78 Å². The second-order valence-electron chi connectivity index (χ2n) is 4.33. The van der Waals surface area contributed by atoms with Gasteiger partial charge in [-0.15, -0.1) is 0 Å². The molecule has 0 N–H and O–H groups in total. The number of hydrogen-bond acceptors (Lipinski definition) is 2. The van der Waals surface area contributed by atoms with Gasteiger partial charge in [-0.3, -0.25) is 4.79 Å². The highest BCUT2D eigenvalue weighted by atomic mass is 19.3. The maximum Gasteiger partial charge on any atom is 0.268 e. The van der Waals surface area contributed by atoms with Crippen molar-refractivity contribution >= 4 is 5.78 Å². The number of hydrogen-bond donors (Lipinski definition) is 0. The molecule has 1 atom stereocenters. The predicted octanol–water partition coefficient (Wildman–Crippen LogP) is 3.18. The van der Waals surface area contributed by atoms with Crippen LogP contribution in [0.15, 0.2) is 12.2 Å². The highest BCUT2D eigenvalue weighted by Gasteiger charge is 2.24. The molecule has 4 heteroatoms. The first-order valence-corrected chi connectivity index (χ1v) is 4.95. The molecule has 0 bridgehead atoms. The molecule has 0 spiro atoms. The Labute approximate surface area is 89.3 Å². The largest absolute Gasteiger partial charge is 0.374 e. The summed E-state index contributed by atoms with van der Waals surface area (Å²) in [6.07, 6.45) is -1.94. The molecule has 0 saturated carbocycles. The summed E-state index contributed by atoms with van der Waals surface area (Å²) in [4.78, 5) is 11.6. The van der Waals surface area contributed by atoms with Gasteiger partial charge in [-0.25, -0.2) is 0 Å². The van der Waals surface area contributed by atoms with Crippen LogP contribution >= 0.6 is 0 Å². The van der Waals surface area contributed by atoms with Crippen LogP contribution in [-0.4, -0.2) is 18.5 Å². The Morgan fingerprint density at radius 2 is 1.93 bits per heavy atom. The standard InChI is InChI=1S/C11H18F2O2/c1-5-15-8(7-10(12)13)6-9(14)11(2,3)4/h7-8H,5-6H2,1-4H3. The van der Waals surface area contributed by atoms with E-state index >= 15 is 0 Å². The average Bonchev–Trinajstić information content (AvgIpc) is 2.01. The van der Waals surface area contributed by atoms with Gasteiger partial charge < -0.3 is 4.74 Å². The summed E-state index contributed by atoms with van der Waals surface area (Å²) in [6, 6.07) is 0. The van der Waals surface area contributed by atoms with Crippen LogP contribution in [0.5, 0.6) is 0 Å². The number of carbonyl (C=O) groups is 1. The van der Waals surface area contributed by atoms with Crippen molar-refractivity contribution in [2.45, 2.75) is 40.2 Å². The van der Waals surface area contributed by atoms with Gasteiger partial charge in [-0.1, -0.05) is 20.8 Å². The third-order valence-electron chi connectivity index (χ3n) is 1.92. The summed E-state index contributed by atoms with van der Waals surface area (Å²) >= 11 is 0. The van der Waals surface area contributed by atoms with E-state index in [9.17, 15) is 13.6 Å². The zero-order chi connectivity index (χ0) is 12.1. The Kier molecular flexibility index (Phi) is 5.65. The molecule has 0 radical (unpaired) electrons. The third kappa shape index (κ3) is 6.33. The molecule has 1 unspecified atom stereocenters. The molecule has 0 fully saturated rings. The van der Waals surface area contributed by atoms with Crippen LogP contribution in [-0.2, 0) is 9.53 Å². The van der Waals surface area contributed by atoms with Gasteiger partial charge in [-0.05, 0) is 6.92 Å². The van der Waals surface area contributed by atoms with E-state index < -0.39 is 17.6 Å². The summed E-state index contributed by atoms with van der Waals surface area (Å²) in [5.74, 6) is -0.0848. The molecule has 88 valence electrons. The van der Waals surface area contributed by atoms with Crippen molar-refractivity contribution in [3.05, 3.63) is 12.2 Å². The van der Waals surface area contributed by atoms with Crippen LogP contribution in [0.3, 0.4) is 0 Å². The summed E-state index contributed by atoms with van der Waals surface area (Å²) in [5.41, 5.74) is -0.518. The lowest BCUT2D eigenvalue weighted by molar-refractivity contribution is -0.128. The number of Topliss-reactive ketones (excluding diaryl/α,β-unsaturated/α-hetero) is 1. The van der Waals surface area contributed by atoms with Crippen LogP contribution < -0.4 is 0 Å². The second-order valence-corrected chi connectivity index (χ2v) is 4.33. The Morgan fingerprint density at radius 1 is 1.40 bits per heavy atom. The van der Waals surface area contributed by atoms with E-state index in [0.29, 0.717) is 12.7 Å². The summed E-state index contributed by atoms with van der Waals surface area (Å²) < 4.78 is 29.1. The fourth-order valence-electron chi connectivity index (χ4n) is 1.01. The molecule has 0 aliphatic rings. The molecule has 0 aromatic carbocycles. The minimum absolute atomic E-state index is 0.00528. The summed E-state index contributed by atoms with van der Waals surface area (Å²) in [6.45, 7) is 7.29. The minimum Gasteiger partial charge on any atom is -0.374 e. The molecule has 0 rings (SSSR count). The van der Waals surface area contributed by atoms with E-state index in [4.69, 9.17) is 4.74 Å². The fourth-order valence-corrected chi connectivity index (χ4v) is 1.01. The number of rotatable bonds is 5. The predicted molar refractivity (Wildman–Crippen MR) is 54.8 cm³/mol. The number of carbonyl (C=O) groups excluding carboxylic acids is 1. The van der Waals surface area contributed by atoms with Gasteiger partial charge in [-0.2, -0.15) is 8.78 Å². The fraction of sp³-hybridized carbons (Fsp3) is 0.727. The quantitative estimate of drug-likeness (QED) is 0.711. The van der Waals surface area contributed by atoms with Gasteiger partial charge in [0.25, 0.3) is 6.08 Å². The number of halogens is 2. The van der Waals surface area contributed by atoms with Crippen molar-refractivity contribution < 1.29 is 18.3 Å². The van der Waals surface area contributed by atoms with Crippen LogP contribution in [0.2, 0.25) is 0 Å². The van der Waals surface area contributed by atoms with E-state index in [1.54, 1.807) is 27.7 Å². The van der Waals surface area contributed by atoms with Gasteiger partial charge in [0, 0.05) is 24.5 Å². The lowest BCUT2D eigenvalue weighted by atomic mass is 9.87. The highest BCUT2D eigenvalue weighted by molar-refractivity contribution is 5.84. The first kappa shape index (κ1) is 14.2. The van der Waals surface area contributed by atoms with Crippen molar-refractivity contribution in [1.82, 2.24) is 0 Å². The van der Waals surface area contributed by atoms with Gasteiger partial charge in [0.1, 0.15) is 5.78 Å². The van der Waals surface area contributed by atoms with Crippen molar-refractivity contribution in [2.24, 2.45) is 5.41 Å². The first-order valence-electron chi connectivity index (χ1n) is 4.95. The minimum atomic E-state index is -1.81. The van der Waals surface area contributed by atoms with Gasteiger partial charge in [0.15, 0.2) is 0 Å². The molecule has 2 nitrogen and oxygen atoms in total. The van der Waals surface area contributed by atoms with Gasteiger partial charge >= 0.3 is 0 Å². The van der Waals surface area contributed by atoms with E-state index in [1.807, 2.05) is 0 Å². The van der Waals surface area contributed by atoms with Crippen molar-refractivity contribution in [1.29, 1.82) is 0 Å². The molecule has 0 amide bonds. The van der Waals surface area contributed by atoms with Crippen LogP contribution in [0.1, 0.15) is 34.1 Å².